The number of aliphatic carboxylic acids is 1. The molecule has 7 heteroatoms. The van der Waals surface area contributed by atoms with Gasteiger partial charge in [0.25, 0.3) is 5.91 Å². The molecule has 1 N–H and O–H groups in total. The maximum Gasteiger partial charge on any atom is 0.332 e. The Bertz CT molecular complexity index is 1550. The maximum absolute atomic E-state index is 14.7. The molecule has 5 aliphatic carbocycles. The molecule has 1 aromatic rings. The first kappa shape index (κ1) is 35.9. The smallest absolute Gasteiger partial charge is 0.332 e. The molecule has 0 heterocycles. The highest BCUT2D eigenvalue weighted by Gasteiger charge is 2.69. The average molecular weight is 674 g/mol. The van der Waals surface area contributed by atoms with Crippen LogP contribution in [-0.4, -0.2) is 39.8 Å². The number of fused-ring (bicyclic) bond motifs is 7. The van der Waals surface area contributed by atoms with Crippen molar-refractivity contribution in [3.63, 3.8) is 0 Å². The summed E-state index contributed by atoms with van der Waals surface area (Å²) in [6.45, 7) is 18.0. The zero-order chi connectivity index (χ0) is 35.8. The van der Waals surface area contributed by atoms with Crippen LogP contribution in [0.4, 0.5) is 0 Å². The number of carboxylic acids is 1. The quantitative estimate of drug-likeness (QED) is 0.303. The van der Waals surface area contributed by atoms with E-state index in [4.69, 9.17) is 4.84 Å². The highest BCUT2D eigenvalue weighted by Crippen LogP contribution is 2.75. The number of allylic oxidation sites excluding steroid dienone is 2. The van der Waals surface area contributed by atoms with Crippen molar-refractivity contribution in [1.82, 2.24) is 5.06 Å². The summed E-state index contributed by atoms with van der Waals surface area (Å²) in [5.41, 5.74) is 0.709. The number of carbonyl (C=O) groups excluding carboxylic acids is 3. The molecule has 0 saturated heterocycles. The minimum Gasteiger partial charge on any atom is -0.480 e. The first-order chi connectivity index (χ1) is 22.9. The van der Waals surface area contributed by atoms with Crippen LogP contribution in [0.5, 0.6) is 0 Å². The van der Waals surface area contributed by atoms with Crippen molar-refractivity contribution in [2.45, 2.75) is 138 Å². The molecule has 4 fully saturated rings. The van der Waals surface area contributed by atoms with Crippen molar-refractivity contribution in [3.05, 3.63) is 47.5 Å². The van der Waals surface area contributed by atoms with Gasteiger partial charge in [-0.2, -0.15) is 5.06 Å². The Labute approximate surface area is 293 Å². The second-order valence-corrected chi connectivity index (χ2v) is 18.6. The van der Waals surface area contributed by atoms with E-state index in [1.807, 2.05) is 43.3 Å². The van der Waals surface area contributed by atoms with Gasteiger partial charge in [-0.05, 0) is 108 Å². The van der Waals surface area contributed by atoms with E-state index in [1.165, 1.54) is 12.0 Å². The molecule has 0 aliphatic heterocycles. The molecule has 0 bridgehead atoms. The fourth-order valence-electron chi connectivity index (χ4n) is 12.3. The van der Waals surface area contributed by atoms with Crippen LogP contribution < -0.4 is 0 Å². The van der Waals surface area contributed by atoms with Crippen LogP contribution in [0, 0.1) is 50.2 Å². The van der Waals surface area contributed by atoms with Gasteiger partial charge in [0.15, 0.2) is 11.8 Å². The normalized spacial score (nSPS) is 40.0. The summed E-state index contributed by atoms with van der Waals surface area (Å²) in [6, 6.07) is 7.78. The standard InChI is InChI=1S/C42H59NO6/c1-9-33(45)49-43(30(35(46)47)24-27-14-11-10-12-15-27)36(48)39(5)21-20-38(4)22-23-41(7)28(29(38)26-39)25-31(44)34-40(6)18-13-17-37(2,3)32(40)16-19-42(34,41)8/h10-12,14-15,25,29-30,32,34H,9,13,16-24,26H2,1-8H3,(H,46,47)/t29-,30-,32?,34?,38+,39?,40-,41+,42+/m0/s1. The summed E-state index contributed by atoms with van der Waals surface area (Å²) in [5.74, 6) is -1.56. The molecule has 49 heavy (non-hydrogen) atoms. The first-order valence-corrected chi connectivity index (χ1v) is 18.9. The summed E-state index contributed by atoms with van der Waals surface area (Å²) in [7, 11) is 0. The Balaban J connectivity index is 1.37. The fourth-order valence-corrected chi connectivity index (χ4v) is 12.3. The number of rotatable bonds is 6. The van der Waals surface area contributed by atoms with Crippen LogP contribution in [0.1, 0.15) is 132 Å². The molecular formula is C42H59NO6. The minimum absolute atomic E-state index is 0.00914. The number of hydrogen-bond donors (Lipinski definition) is 1. The fraction of sp³-hybridized carbons (Fsp3) is 0.714. The van der Waals surface area contributed by atoms with Gasteiger partial charge in [-0.1, -0.05) is 97.7 Å². The monoisotopic (exact) mass is 673 g/mol. The predicted molar refractivity (Wildman–Crippen MR) is 189 cm³/mol. The summed E-state index contributed by atoms with van der Waals surface area (Å²) in [4.78, 5) is 60.6. The lowest BCUT2D eigenvalue weighted by atomic mass is 9.33. The Hall–Kier alpha value is -2.96. The number of benzene rings is 1. The van der Waals surface area contributed by atoms with Crippen LogP contribution >= 0.6 is 0 Å². The number of carboxylic acid groups (broad SMARTS) is 1. The number of ketones is 1. The van der Waals surface area contributed by atoms with Gasteiger partial charge >= 0.3 is 11.9 Å². The summed E-state index contributed by atoms with van der Waals surface area (Å²) in [6.07, 6.45) is 11.6. The second kappa shape index (κ2) is 12.1. The van der Waals surface area contributed by atoms with Crippen molar-refractivity contribution < 1.29 is 29.1 Å². The summed E-state index contributed by atoms with van der Waals surface area (Å²) >= 11 is 0. The Morgan fingerprint density at radius 2 is 1.59 bits per heavy atom. The average Bonchev–Trinajstić information content (AvgIpc) is 3.04. The Morgan fingerprint density at radius 3 is 2.24 bits per heavy atom. The number of hydrogen-bond acceptors (Lipinski definition) is 5. The highest BCUT2D eigenvalue weighted by molar-refractivity contribution is 5.96. The lowest BCUT2D eigenvalue weighted by Crippen LogP contribution is -2.65. The summed E-state index contributed by atoms with van der Waals surface area (Å²) in [5, 5.41) is 11.3. The first-order valence-electron chi connectivity index (χ1n) is 18.9. The lowest BCUT2D eigenvalue weighted by Gasteiger charge is -2.70. The van der Waals surface area contributed by atoms with E-state index in [2.05, 4.69) is 41.5 Å². The number of hydroxylamine groups is 2. The molecule has 0 spiro atoms. The van der Waals surface area contributed by atoms with E-state index in [0.717, 1.165) is 55.6 Å². The van der Waals surface area contributed by atoms with Crippen molar-refractivity contribution in [3.8, 4) is 0 Å². The van der Waals surface area contributed by atoms with Crippen molar-refractivity contribution in [2.75, 3.05) is 0 Å². The van der Waals surface area contributed by atoms with E-state index in [0.29, 0.717) is 18.8 Å². The van der Waals surface area contributed by atoms with E-state index in [1.54, 1.807) is 6.92 Å². The van der Waals surface area contributed by atoms with Gasteiger partial charge in [0.1, 0.15) is 0 Å². The Kier molecular flexibility index (Phi) is 8.84. The van der Waals surface area contributed by atoms with E-state index in [9.17, 15) is 24.3 Å². The van der Waals surface area contributed by atoms with E-state index >= 15 is 0 Å². The van der Waals surface area contributed by atoms with Crippen LogP contribution in [0.15, 0.2) is 42.0 Å². The van der Waals surface area contributed by atoms with Gasteiger partial charge in [0, 0.05) is 18.8 Å². The predicted octanol–water partition coefficient (Wildman–Crippen LogP) is 8.75. The molecular weight excluding hydrogens is 614 g/mol. The van der Waals surface area contributed by atoms with Gasteiger partial charge in [-0.15, -0.1) is 0 Å². The molecule has 1 aromatic carbocycles. The van der Waals surface area contributed by atoms with Gasteiger partial charge < -0.3 is 9.94 Å². The second-order valence-electron chi connectivity index (χ2n) is 18.6. The van der Waals surface area contributed by atoms with Gasteiger partial charge in [-0.3, -0.25) is 9.59 Å². The van der Waals surface area contributed by atoms with Crippen molar-refractivity contribution >= 4 is 23.6 Å². The third-order valence-electron chi connectivity index (χ3n) is 15.4. The molecule has 6 rings (SSSR count). The maximum atomic E-state index is 14.7. The molecule has 7 nitrogen and oxygen atoms in total. The lowest BCUT2D eigenvalue weighted by molar-refractivity contribution is -0.219. The number of amides is 1. The molecule has 0 aromatic heterocycles. The van der Waals surface area contributed by atoms with Crippen molar-refractivity contribution in [1.29, 1.82) is 0 Å². The largest absolute Gasteiger partial charge is 0.480 e. The van der Waals surface area contributed by atoms with Gasteiger partial charge in [0.2, 0.25) is 0 Å². The zero-order valence-electron chi connectivity index (χ0n) is 31.2. The molecule has 5 aliphatic rings. The number of nitrogens with zero attached hydrogens (tertiary/aromatic N) is 1. The van der Waals surface area contributed by atoms with Crippen molar-refractivity contribution in [2.24, 2.45) is 50.2 Å². The molecule has 0 radical (unpaired) electrons. The van der Waals surface area contributed by atoms with Crippen LogP contribution in [0.25, 0.3) is 0 Å². The minimum atomic E-state index is -1.36. The topological polar surface area (TPSA) is 101 Å². The third kappa shape index (κ3) is 5.51. The SMILES string of the molecule is CCC(=O)ON(C(=O)C1(C)CC[C@]2(C)CC[C@]3(C)C(=CC(=O)C4[C@@]5(C)CCCC(C)(C)C5CC[C@]43C)[C@@H]2C1)[C@@H](Cc1ccccc1)C(=O)O. The Morgan fingerprint density at radius 1 is 0.918 bits per heavy atom. The van der Waals surface area contributed by atoms with Crippen LogP contribution in [0.3, 0.4) is 0 Å². The van der Waals surface area contributed by atoms with Crippen LogP contribution in [-0.2, 0) is 30.4 Å². The van der Waals surface area contributed by atoms with Gasteiger partial charge in [-0.25, -0.2) is 9.59 Å². The molecule has 268 valence electrons. The molecule has 1 amide bonds. The molecule has 4 saturated carbocycles. The highest BCUT2D eigenvalue weighted by atomic mass is 16.7. The van der Waals surface area contributed by atoms with E-state index in [-0.39, 0.29) is 57.5 Å². The molecule has 3 unspecified atom stereocenters. The number of carbonyl (C=O) groups is 4. The van der Waals surface area contributed by atoms with E-state index < -0.39 is 29.3 Å². The van der Waals surface area contributed by atoms with Gasteiger partial charge in [0.05, 0.1) is 5.41 Å². The zero-order valence-corrected chi connectivity index (χ0v) is 31.2. The molecule has 9 atom stereocenters. The van der Waals surface area contributed by atoms with Crippen LogP contribution in [0.2, 0.25) is 0 Å². The third-order valence-corrected chi connectivity index (χ3v) is 15.4. The summed E-state index contributed by atoms with van der Waals surface area (Å²) < 4.78 is 0.